The van der Waals surface area contributed by atoms with Gasteiger partial charge in [0.1, 0.15) is 0 Å². The Morgan fingerprint density at radius 3 is 2.61 bits per heavy atom. The molecule has 4 rings (SSSR count). The van der Waals surface area contributed by atoms with E-state index in [1.165, 1.54) is 6.92 Å². The van der Waals surface area contributed by atoms with Gasteiger partial charge in [-0.25, -0.2) is 4.79 Å². The summed E-state index contributed by atoms with van der Waals surface area (Å²) in [7, 11) is 0. The van der Waals surface area contributed by atoms with Crippen LogP contribution in [0.3, 0.4) is 0 Å². The van der Waals surface area contributed by atoms with Gasteiger partial charge < -0.3 is 23.0 Å². The number of oxazole rings is 1. The van der Waals surface area contributed by atoms with Gasteiger partial charge >= 0.3 is 12.1 Å². The molecule has 0 aliphatic carbocycles. The maximum atomic E-state index is 12.6. The smallest absolute Gasteiger partial charge is 0.444 e. The lowest BCUT2D eigenvalue weighted by Gasteiger charge is -2.25. The van der Waals surface area contributed by atoms with Gasteiger partial charge in [-0.15, -0.1) is 0 Å². The highest BCUT2D eigenvalue weighted by atomic mass is 79.9. The molecule has 0 spiro atoms. The van der Waals surface area contributed by atoms with Gasteiger partial charge in [0, 0.05) is 19.5 Å². The van der Waals surface area contributed by atoms with E-state index in [4.69, 9.17) is 18.3 Å². The van der Waals surface area contributed by atoms with Crippen LogP contribution in [0, 0.1) is 0 Å². The Balaban J connectivity index is 1.67. The lowest BCUT2D eigenvalue weighted by molar-refractivity contribution is -0.216. The quantitative estimate of drug-likeness (QED) is 0.328. The van der Waals surface area contributed by atoms with Crippen LogP contribution in [0.15, 0.2) is 25.6 Å². The lowest BCUT2D eigenvalue weighted by Crippen LogP contribution is -2.36. The number of aromatic nitrogens is 3. The number of morpholine rings is 1. The molecule has 3 aromatic heterocycles. The second-order valence-electron chi connectivity index (χ2n) is 6.97. The van der Waals surface area contributed by atoms with E-state index in [1.807, 2.05) is 4.90 Å². The van der Waals surface area contributed by atoms with Gasteiger partial charge in [0.05, 0.1) is 19.8 Å². The van der Waals surface area contributed by atoms with Gasteiger partial charge in [0.2, 0.25) is 6.29 Å². The average Bonchev–Trinajstić information content (AvgIpc) is 3.39. The Kier molecular flexibility index (Phi) is 6.86. The number of hydrogen-bond donors (Lipinski definition) is 0. The maximum absolute atomic E-state index is 12.6. The SMILES string of the molecule is CCC(OC(=O)C(F)(F)F)Oc1nc(CN2CCOCC2)nc2oc(-c3ccc(Br)o3)nc12. The van der Waals surface area contributed by atoms with Gasteiger partial charge in [-0.3, -0.25) is 4.90 Å². The zero-order valence-electron chi connectivity index (χ0n) is 17.2. The number of rotatable bonds is 7. The zero-order chi connectivity index (χ0) is 23.6. The van der Waals surface area contributed by atoms with Crippen molar-refractivity contribution in [3.05, 3.63) is 22.6 Å². The number of alkyl halides is 3. The molecule has 0 bridgehead atoms. The summed E-state index contributed by atoms with van der Waals surface area (Å²) in [4.78, 5) is 26.3. The fraction of sp³-hybridized carbons (Fsp3) is 0.474. The van der Waals surface area contributed by atoms with Gasteiger partial charge in [0.25, 0.3) is 17.5 Å². The number of esters is 1. The van der Waals surface area contributed by atoms with Gasteiger partial charge in [-0.2, -0.15) is 28.1 Å². The number of carbonyl (C=O) groups is 1. The van der Waals surface area contributed by atoms with Crippen LogP contribution in [0.4, 0.5) is 13.2 Å². The van der Waals surface area contributed by atoms with Crippen molar-refractivity contribution in [3.63, 3.8) is 0 Å². The highest BCUT2D eigenvalue weighted by Crippen LogP contribution is 2.31. The maximum Gasteiger partial charge on any atom is 0.491 e. The van der Waals surface area contributed by atoms with E-state index in [1.54, 1.807) is 12.1 Å². The first-order valence-electron chi connectivity index (χ1n) is 9.90. The van der Waals surface area contributed by atoms with Crippen molar-refractivity contribution in [2.75, 3.05) is 26.3 Å². The van der Waals surface area contributed by atoms with Crippen molar-refractivity contribution in [1.82, 2.24) is 19.9 Å². The van der Waals surface area contributed by atoms with E-state index >= 15 is 0 Å². The van der Waals surface area contributed by atoms with E-state index in [9.17, 15) is 18.0 Å². The summed E-state index contributed by atoms with van der Waals surface area (Å²) in [5, 5.41) is 0. The number of carbonyl (C=O) groups excluding carboxylic acids is 1. The van der Waals surface area contributed by atoms with Crippen LogP contribution in [0.5, 0.6) is 5.88 Å². The molecule has 33 heavy (non-hydrogen) atoms. The van der Waals surface area contributed by atoms with Crippen molar-refractivity contribution in [1.29, 1.82) is 0 Å². The Morgan fingerprint density at radius 1 is 1.21 bits per heavy atom. The predicted molar refractivity (Wildman–Crippen MR) is 108 cm³/mol. The van der Waals surface area contributed by atoms with E-state index in [2.05, 4.69) is 35.6 Å². The third-order valence-electron chi connectivity index (χ3n) is 4.57. The molecule has 1 unspecified atom stereocenters. The fourth-order valence-corrected chi connectivity index (χ4v) is 3.29. The van der Waals surface area contributed by atoms with Crippen LogP contribution in [0.2, 0.25) is 0 Å². The monoisotopic (exact) mass is 534 g/mol. The molecule has 10 nitrogen and oxygen atoms in total. The average molecular weight is 535 g/mol. The Bertz CT molecular complexity index is 1130. The van der Waals surface area contributed by atoms with Crippen molar-refractivity contribution >= 4 is 33.1 Å². The third kappa shape index (κ3) is 5.62. The highest BCUT2D eigenvalue weighted by molar-refractivity contribution is 9.10. The normalized spacial score (nSPS) is 16.2. The van der Waals surface area contributed by atoms with Crippen molar-refractivity contribution in [3.8, 4) is 17.5 Å². The zero-order valence-corrected chi connectivity index (χ0v) is 18.8. The molecule has 1 aliphatic rings. The number of nitrogens with zero attached hydrogens (tertiary/aromatic N) is 4. The van der Waals surface area contributed by atoms with Gasteiger partial charge in [-0.05, 0) is 28.1 Å². The molecule has 0 N–H and O–H groups in total. The molecule has 1 saturated heterocycles. The fourth-order valence-electron chi connectivity index (χ4n) is 2.99. The van der Waals surface area contributed by atoms with Crippen molar-refractivity contribution < 1.29 is 41.0 Å². The molecule has 178 valence electrons. The summed E-state index contributed by atoms with van der Waals surface area (Å²) in [6.45, 7) is 4.22. The Labute approximate surface area is 193 Å². The van der Waals surface area contributed by atoms with Gasteiger partial charge in [0.15, 0.2) is 21.8 Å². The summed E-state index contributed by atoms with van der Waals surface area (Å²) in [6.07, 6.45) is -6.78. The number of hydrogen-bond acceptors (Lipinski definition) is 10. The minimum atomic E-state index is -5.16. The number of fused-ring (bicyclic) bond motifs is 1. The summed E-state index contributed by atoms with van der Waals surface area (Å²) in [6, 6.07) is 3.25. The molecule has 3 aromatic rings. The molecule has 1 fully saturated rings. The van der Waals surface area contributed by atoms with Crippen LogP contribution >= 0.6 is 15.9 Å². The minimum Gasteiger partial charge on any atom is -0.444 e. The molecule has 0 saturated carbocycles. The summed E-state index contributed by atoms with van der Waals surface area (Å²) >= 11 is 3.19. The van der Waals surface area contributed by atoms with Crippen molar-refractivity contribution in [2.45, 2.75) is 32.4 Å². The van der Waals surface area contributed by atoms with Crippen LogP contribution < -0.4 is 4.74 Å². The highest BCUT2D eigenvalue weighted by Gasteiger charge is 2.42. The lowest BCUT2D eigenvalue weighted by atomic mass is 10.4. The first kappa shape index (κ1) is 23.4. The second-order valence-corrected chi connectivity index (χ2v) is 7.75. The predicted octanol–water partition coefficient (Wildman–Crippen LogP) is 3.69. The summed E-state index contributed by atoms with van der Waals surface area (Å²) < 4.78 is 64.8. The van der Waals surface area contributed by atoms with Crippen LogP contribution in [-0.4, -0.2) is 64.6 Å². The first-order chi connectivity index (χ1) is 15.7. The van der Waals surface area contributed by atoms with Crippen LogP contribution in [0.25, 0.3) is 22.9 Å². The van der Waals surface area contributed by atoms with Crippen LogP contribution in [0.1, 0.15) is 19.2 Å². The largest absolute Gasteiger partial charge is 0.491 e. The third-order valence-corrected chi connectivity index (χ3v) is 5.00. The molecule has 1 aliphatic heterocycles. The standard InChI is InChI=1S/C19H18BrF3N4O6/c1-2-13(32-18(28)19(21,22)23)31-16-14-17(33-15(26-14)10-3-4-11(20)30-10)25-12(24-16)9-27-5-7-29-8-6-27/h3-4,13H,2,5-9H2,1H3. The first-order valence-corrected chi connectivity index (χ1v) is 10.7. The Hall–Kier alpha value is -2.71. The van der Waals surface area contributed by atoms with E-state index in [-0.39, 0.29) is 35.2 Å². The minimum absolute atomic E-state index is 0.0442. The molecule has 0 amide bonds. The molecular formula is C19H18BrF3N4O6. The topological polar surface area (TPSA) is 113 Å². The van der Waals surface area contributed by atoms with E-state index < -0.39 is 18.4 Å². The summed E-state index contributed by atoms with van der Waals surface area (Å²) in [5.41, 5.74) is 0.0903. The van der Waals surface area contributed by atoms with Crippen molar-refractivity contribution in [2.24, 2.45) is 0 Å². The van der Waals surface area contributed by atoms with E-state index in [0.29, 0.717) is 43.3 Å². The Morgan fingerprint density at radius 2 is 1.97 bits per heavy atom. The van der Waals surface area contributed by atoms with Gasteiger partial charge in [-0.1, -0.05) is 6.92 Å². The van der Waals surface area contributed by atoms with Crippen LogP contribution in [-0.2, 0) is 20.8 Å². The molecule has 0 aromatic carbocycles. The summed E-state index contributed by atoms with van der Waals surface area (Å²) in [5.74, 6) is -1.89. The second kappa shape index (κ2) is 9.65. The number of ether oxygens (including phenoxy) is 3. The molecule has 0 radical (unpaired) electrons. The number of furan rings is 1. The van der Waals surface area contributed by atoms with E-state index in [0.717, 1.165) is 0 Å². The molecule has 14 heteroatoms. The molecular weight excluding hydrogens is 517 g/mol. The molecule has 4 heterocycles. The molecule has 1 atom stereocenters. The number of halogens is 4.